The lowest BCUT2D eigenvalue weighted by atomic mass is 10.1. The van der Waals surface area contributed by atoms with Crippen molar-refractivity contribution in [2.75, 3.05) is 11.1 Å². The third-order valence-electron chi connectivity index (χ3n) is 2.57. The van der Waals surface area contributed by atoms with Crippen molar-refractivity contribution in [3.8, 4) is 6.07 Å². The predicted octanol–water partition coefficient (Wildman–Crippen LogP) is 2.60. The Kier molecular flexibility index (Phi) is 3.56. The molecule has 0 aromatic heterocycles. The van der Waals surface area contributed by atoms with Gasteiger partial charge in [0.2, 0.25) is 0 Å². The second kappa shape index (κ2) is 4.70. The molecular formula is C12H17N3. The fraction of sp³-hybridized carbons (Fsp3) is 0.417. The predicted molar refractivity (Wildman–Crippen MR) is 63.5 cm³/mol. The van der Waals surface area contributed by atoms with E-state index in [4.69, 9.17) is 11.0 Å². The zero-order chi connectivity index (χ0) is 11.4. The van der Waals surface area contributed by atoms with Gasteiger partial charge in [0, 0.05) is 17.4 Å². The number of rotatable bonds is 3. The molecule has 1 rings (SSSR count). The Morgan fingerprint density at radius 1 is 1.33 bits per heavy atom. The molecule has 3 N–H and O–H groups in total. The molecule has 0 amide bonds. The van der Waals surface area contributed by atoms with Gasteiger partial charge in [-0.2, -0.15) is 5.26 Å². The van der Waals surface area contributed by atoms with Crippen molar-refractivity contribution in [3.05, 3.63) is 23.8 Å². The number of hydrogen-bond donors (Lipinski definition) is 2. The van der Waals surface area contributed by atoms with Crippen molar-refractivity contribution >= 4 is 11.4 Å². The van der Waals surface area contributed by atoms with Gasteiger partial charge in [-0.25, -0.2) is 0 Å². The molecule has 0 saturated heterocycles. The molecule has 80 valence electrons. The SMILES string of the molecule is CC(C)C(C)Nc1ccc(N)c(C#N)c1. The summed E-state index contributed by atoms with van der Waals surface area (Å²) in [5.74, 6) is 0.549. The van der Waals surface area contributed by atoms with Crippen LogP contribution in [-0.2, 0) is 0 Å². The van der Waals surface area contributed by atoms with Crippen LogP contribution in [0.2, 0.25) is 0 Å². The van der Waals surface area contributed by atoms with Crippen molar-refractivity contribution in [2.24, 2.45) is 5.92 Å². The Balaban J connectivity index is 2.84. The Labute approximate surface area is 90.9 Å². The van der Waals surface area contributed by atoms with Crippen LogP contribution in [0.1, 0.15) is 26.3 Å². The second-order valence-corrected chi connectivity index (χ2v) is 4.09. The summed E-state index contributed by atoms with van der Waals surface area (Å²) in [4.78, 5) is 0. The van der Waals surface area contributed by atoms with E-state index in [0.717, 1.165) is 5.69 Å². The van der Waals surface area contributed by atoms with E-state index >= 15 is 0 Å². The Hall–Kier alpha value is -1.69. The smallest absolute Gasteiger partial charge is 0.101 e. The number of nitrogens with two attached hydrogens (primary N) is 1. The van der Waals surface area contributed by atoms with Gasteiger partial charge in [0.05, 0.1) is 5.56 Å². The molecule has 0 aliphatic heterocycles. The first-order valence-electron chi connectivity index (χ1n) is 5.10. The fourth-order valence-corrected chi connectivity index (χ4v) is 1.17. The van der Waals surface area contributed by atoms with Gasteiger partial charge in [0.15, 0.2) is 0 Å². The van der Waals surface area contributed by atoms with Crippen LogP contribution >= 0.6 is 0 Å². The van der Waals surface area contributed by atoms with Gasteiger partial charge in [-0.1, -0.05) is 13.8 Å². The molecule has 0 aliphatic rings. The van der Waals surface area contributed by atoms with Crippen molar-refractivity contribution in [2.45, 2.75) is 26.8 Å². The maximum atomic E-state index is 8.83. The Morgan fingerprint density at radius 3 is 2.53 bits per heavy atom. The summed E-state index contributed by atoms with van der Waals surface area (Å²) in [5, 5.41) is 12.2. The monoisotopic (exact) mass is 203 g/mol. The van der Waals surface area contributed by atoms with Gasteiger partial charge in [-0.05, 0) is 31.0 Å². The van der Waals surface area contributed by atoms with E-state index in [1.807, 2.05) is 6.07 Å². The molecule has 3 nitrogen and oxygen atoms in total. The first-order chi connectivity index (χ1) is 7.04. The molecule has 0 saturated carbocycles. The van der Waals surface area contributed by atoms with Crippen LogP contribution in [0.5, 0.6) is 0 Å². The normalized spacial score (nSPS) is 12.2. The molecule has 0 heterocycles. The molecule has 1 aromatic rings. The van der Waals surface area contributed by atoms with E-state index in [1.165, 1.54) is 0 Å². The number of anilines is 2. The number of nitrogen functional groups attached to an aromatic ring is 1. The van der Waals surface area contributed by atoms with E-state index in [9.17, 15) is 0 Å². The Morgan fingerprint density at radius 2 is 2.00 bits per heavy atom. The minimum Gasteiger partial charge on any atom is -0.398 e. The van der Waals surface area contributed by atoms with Crippen molar-refractivity contribution in [1.29, 1.82) is 5.26 Å². The number of nitriles is 1. The summed E-state index contributed by atoms with van der Waals surface area (Å²) in [5.41, 5.74) is 7.64. The second-order valence-electron chi connectivity index (χ2n) is 4.09. The molecule has 1 atom stereocenters. The topological polar surface area (TPSA) is 61.8 Å². The molecule has 3 heteroatoms. The molecule has 1 aromatic carbocycles. The van der Waals surface area contributed by atoms with Crippen LogP contribution in [-0.4, -0.2) is 6.04 Å². The van der Waals surface area contributed by atoms with Crippen LogP contribution in [0.4, 0.5) is 11.4 Å². The van der Waals surface area contributed by atoms with Crippen molar-refractivity contribution in [1.82, 2.24) is 0 Å². The molecule has 0 spiro atoms. The average molecular weight is 203 g/mol. The van der Waals surface area contributed by atoms with Crippen LogP contribution in [0, 0.1) is 17.2 Å². The van der Waals surface area contributed by atoms with E-state index < -0.39 is 0 Å². The van der Waals surface area contributed by atoms with Crippen LogP contribution in [0.3, 0.4) is 0 Å². The Bertz CT molecular complexity index is 377. The standard InChI is InChI=1S/C12H17N3/c1-8(2)9(3)15-11-4-5-12(14)10(6-11)7-13/h4-6,8-9,15H,14H2,1-3H3. The van der Waals surface area contributed by atoms with Crippen molar-refractivity contribution in [3.63, 3.8) is 0 Å². The molecule has 0 fully saturated rings. The molecule has 0 radical (unpaired) electrons. The van der Waals surface area contributed by atoms with Crippen LogP contribution < -0.4 is 11.1 Å². The molecule has 1 unspecified atom stereocenters. The lowest BCUT2D eigenvalue weighted by Crippen LogP contribution is -2.21. The summed E-state index contributed by atoms with van der Waals surface area (Å²) in [6.45, 7) is 6.42. The van der Waals surface area contributed by atoms with E-state index in [1.54, 1.807) is 12.1 Å². The maximum absolute atomic E-state index is 8.83. The van der Waals surface area contributed by atoms with Gasteiger partial charge in [-0.3, -0.25) is 0 Å². The maximum Gasteiger partial charge on any atom is 0.101 e. The van der Waals surface area contributed by atoms with E-state index in [-0.39, 0.29) is 0 Å². The zero-order valence-corrected chi connectivity index (χ0v) is 9.41. The van der Waals surface area contributed by atoms with Crippen LogP contribution in [0.15, 0.2) is 18.2 Å². The summed E-state index contributed by atoms with van der Waals surface area (Å²) in [6, 6.07) is 7.89. The summed E-state index contributed by atoms with van der Waals surface area (Å²) in [6.07, 6.45) is 0. The van der Waals surface area contributed by atoms with E-state index in [2.05, 4.69) is 32.2 Å². The fourth-order valence-electron chi connectivity index (χ4n) is 1.17. The quantitative estimate of drug-likeness (QED) is 0.742. The largest absolute Gasteiger partial charge is 0.398 e. The average Bonchev–Trinajstić information content (AvgIpc) is 2.20. The van der Waals surface area contributed by atoms with Gasteiger partial charge in [0.1, 0.15) is 6.07 Å². The zero-order valence-electron chi connectivity index (χ0n) is 9.41. The molecule has 0 aliphatic carbocycles. The number of nitrogens with one attached hydrogen (secondary N) is 1. The first kappa shape index (κ1) is 11.4. The van der Waals surface area contributed by atoms with Gasteiger partial charge >= 0.3 is 0 Å². The highest BCUT2D eigenvalue weighted by atomic mass is 14.9. The summed E-state index contributed by atoms with van der Waals surface area (Å²) < 4.78 is 0. The highest BCUT2D eigenvalue weighted by Gasteiger charge is 2.07. The van der Waals surface area contributed by atoms with Gasteiger partial charge in [0.25, 0.3) is 0 Å². The summed E-state index contributed by atoms with van der Waals surface area (Å²) >= 11 is 0. The minimum atomic E-state index is 0.375. The number of hydrogen-bond acceptors (Lipinski definition) is 3. The highest BCUT2D eigenvalue weighted by Crippen LogP contribution is 2.18. The molecule has 15 heavy (non-hydrogen) atoms. The van der Waals surface area contributed by atoms with Crippen molar-refractivity contribution < 1.29 is 0 Å². The lowest BCUT2D eigenvalue weighted by molar-refractivity contribution is 0.560. The minimum absolute atomic E-state index is 0.375. The third kappa shape index (κ3) is 2.88. The highest BCUT2D eigenvalue weighted by molar-refractivity contribution is 5.62. The molecular weight excluding hydrogens is 186 g/mol. The summed E-state index contributed by atoms with van der Waals surface area (Å²) in [7, 11) is 0. The van der Waals surface area contributed by atoms with Gasteiger partial charge < -0.3 is 11.1 Å². The van der Waals surface area contributed by atoms with Gasteiger partial charge in [-0.15, -0.1) is 0 Å². The number of benzene rings is 1. The van der Waals surface area contributed by atoms with Crippen LogP contribution in [0.25, 0.3) is 0 Å². The number of nitrogens with zero attached hydrogens (tertiary/aromatic N) is 1. The third-order valence-corrected chi connectivity index (χ3v) is 2.57. The first-order valence-corrected chi connectivity index (χ1v) is 5.10. The van der Waals surface area contributed by atoms with E-state index in [0.29, 0.717) is 23.2 Å². The molecule has 0 bridgehead atoms. The lowest BCUT2D eigenvalue weighted by Gasteiger charge is -2.19.